The summed E-state index contributed by atoms with van der Waals surface area (Å²) >= 11 is 0. The first-order valence-corrected chi connectivity index (χ1v) is 12.8. The summed E-state index contributed by atoms with van der Waals surface area (Å²) in [6.45, 7) is 3.99. The van der Waals surface area contributed by atoms with Gasteiger partial charge in [-0.25, -0.2) is 4.57 Å². The number of phosphoric acid groups is 1. The Morgan fingerprint density at radius 2 is 1.48 bits per heavy atom. The highest BCUT2D eigenvalue weighted by atomic mass is 31.2. The first-order valence-electron chi connectivity index (χ1n) is 11.3. The lowest BCUT2D eigenvalue weighted by atomic mass is 10.1. The standard InChI is InChI=1S/C21H42NO8P/c1-6-8-10-11-12-14-21(24)30-19(17-27-20(23)13-9-7-2)18-29-31(25,26)28-16-15-22(3,4)5/h19H,6-18H2,1-5H3/p+1/t19-/m1/s1. The van der Waals surface area contributed by atoms with Crippen molar-refractivity contribution in [2.24, 2.45) is 0 Å². The molecule has 9 nitrogen and oxygen atoms in total. The van der Waals surface area contributed by atoms with Crippen LogP contribution in [0.1, 0.15) is 71.6 Å². The number of likely N-dealkylation sites (N-methyl/N-ethyl adjacent to an activating group) is 1. The summed E-state index contributed by atoms with van der Waals surface area (Å²) in [5, 5.41) is 0. The summed E-state index contributed by atoms with van der Waals surface area (Å²) in [7, 11) is 1.47. The fourth-order valence-electron chi connectivity index (χ4n) is 2.46. The summed E-state index contributed by atoms with van der Waals surface area (Å²) in [5.41, 5.74) is 0. The number of esters is 2. The van der Waals surface area contributed by atoms with Crippen LogP contribution >= 0.6 is 7.82 Å². The zero-order valence-corrected chi connectivity index (χ0v) is 20.9. The number of phosphoric ester groups is 1. The molecule has 0 saturated heterocycles. The average molecular weight is 469 g/mol. The normalized spacial score (nSPS) is 14.6. The van der Waals surface area contributed by atoms with E-state index in [9.17, 15) is 19.0 Å². The summed E-state index contributed by atoms with van der Waals surface area (Å²) in [6, 6.07) is 0. The van der Waals surface area contributed by atoms with Gasteiger partial charge in [-0.3, -0.25) is 18.6 Å². The molecule has 0 aliphatic rings. The lowest BCUT2D eigenvalue weighted by molar-refractivity contribution is -0.870. The van der Waals surface area contributed by atoms with Gasteiger partial charge in [0.25, 0.3) is 0 Å². The van der Waals surface area contributed by atoms with E-state index in [2.05, 4.69) is 6.92 Å². The molecule has 0 aromatic carbocycles. The maximum absolute atomic E-state index is 12.1. The van der Waals surface area contributed by atoms with Crippen LogP contribution in [-0.4, -0.2) is 74.9 Å². The van der Waals surface area contributed by atoms with Crippen LogP contribution in [0.3, 0.4) is 0 Å². The van der Waals surface area contributed by atoms with Crippen LogP contribution < -0.4 is 0 Å². The van der Waals surface area contributed by atoms with E-state index in [0.717, 1.165) is 32.1 Å². The van der Waals surface area contributed by atoms with Crippen molar-refractivity contribution < 1.29 is 42.1 Å². The molecule has 2 atom stereocenters. The molecule has 0 rings (SSSR count). The van der Waals surface area contributed by atoms with E-state index in [4.69, 9.17) is 18.5 Å². The molecule has 0 radical (unpaired) electrons. The van der Waals surface area contributed by atoms with Crippen LogP contribution in [0.5, 0.6) is 0 Å². The van der Waals surface area contributed by atoms with Gasteiger partial charge in [0.05, 0.1) is 27.7 Å². The Labute approximate surface area is 187 Å². The van der Waals surface area contributed by atoms with Crippen LogP contribution in [-0.2, 0) is 32.7 Å². The molecule has 0 fully saturated rings. The van der Waals surface area contributed by atoms with E-state index in [1.807, 2.05) is 28.1 Å². The van der Waals surface area contributed by atoms with Gasteiger partial charge in [-0.1, -0.05) is 46.0 Å². The Balaban J connectivity index is 4.61. The number of rotatable bonds is 19. The Morgan fingerprint density at radius 3 is 2.10 bits per heavy atom. The van der Waals surface area contributed by atoms with Crippen LogP contribution in [0, 0.1) is 0 Å². The maximum Gasteiger partial charge on any atom is 0.472 e. The molecule has 0 heterocycles. The quantitative estimate of drug-likeness (QED) is 0.132. The number of quaternary nitrogens is 1. The van der Waals surface area contributed by atoms with Gasteiger partial charge in [0.2, 0.25) is 0 Å². The zero-order valence-electron chi connectivity index (χ0n) is 20.0. The van der Waals surface area contributed by atoms with Crippen molar-refractivity contribution in [3.63, 3.8) is 0 Å². The topological polar surface area (TPSA) is 108 Å². The van der Waals surface area contributed by atoms with Crippen LogP contribution in [0.2, 0.25) is 0 Å². The van der Waals surface area contributed by atoms with E-state index in [1.165, 1.54) is 0 Å². The molecule has 10 heteroatoms. The number of nitrogens with zero attached hydrogens (tertiary/aromatic N) is 1. The number of carbonyl (C=O) groups excluding carboxylic acids is 2. The second-order valence-electron chi connectivity index (χ2n) is 8.67. The zero-order chi connectivity index (χ0) is 23.8. The first kappa shape index (κ1) is 30.0. The fourth-order valence-corrected chi connectivity index (χ4v) is 3.20. The predicted molar refractivity (Wildman–Crippen MR) is 118 cm³/mol. The molecule has 1 N–H and O–H groups in total. The molecule has 0 aromatic heterocycles. The molecule has 1 unspecified atom stereocenters. The molecule has 31 heavy (non-hydrogen) atoms. The van der Waals surface area contributed by atoms with Crippen molar-refractivity contribution in [3.05, 3.63) is 0 Å². The fraction of sp³-hybridized carbons (Fsp3) is 0.905. The summed E-state index contributed by atoms with van der Waals surface area (Å²) in [6.07, 6.45) is 6.02. The van der Waals surface area contributed by atoms with Gasteiger partial charge in [0, 0.05) is 12.8 Å². The number of carbonyl (C=O) groups is 2. The SMILES string of the molecule is CCCCCCCC(=O)O[C@H](COC(=O)CCCC)COP(=O)(O)OCC[N+](C)(C)C. The number of unbranched alkanes of at least 4 members (excludes halogenated alkanes) is 5. The molecule has 0 amide bonds. The lowest BCUT2D eigenvalue weighted by Gasteiger charge is -2.24. The van der Waals surface area contributed by atoms with E-state index < -0.39 is 32.5 Å². The number of hydrogen-bond acceptors (Lipinski definition) is 7. The number of hydrogen-bond donors (Lipinski definition) is 1. The Bertz CT molecular complexity index is 550. The Hall–Kier alpha value is -0.990. The lowest BCUT2D eigenvalue weighted by Crippen LogP contribution is -2.37. The van der Waals surface area contributed by atoms with Crippen molar-refractivity contribution in [2.75, 3.05) is 47.5 Å². The molecule has 0 aromatic rings. The van der Waals surface area contributed by atoms with E-state index >= 15 is 0 Å². The molecular weight excluding hydrogens is 425 g/mol. The van der Waals surface area contributed by atoms with Crippen molar-refractivity contribution in [2.45, 2.75) is 77.7 Å². The highest BCUT2D eigenvalue weighted by Crippen LogP contribution is 2.43. The highest BCUT2D eigenvalue weighted by molar-refractivity contribution is 7.47. The van der Waals surface area contributed by atoms with E-state index in [-0.39, 0.29) is 26.1 Å². The molecule has 184 valence electrons. The third kappa shape index (κ3) is 19.4. The molecule has 0 bridgehead atoms. The van der Waals surface area contributed by atoms with Crippen molar-refractivity contribution >= 4 is 19.8 Å². The third-order valence-corrected chi connectivity index (χ3v) is 5.37. The Kier molecular flexibility index (Phi) is 16.1. The monoisotopic (exact) mass is 468 g/mol. The molecular formula is C21H43NO8P+. The minimum absolute atomic E-state index is 0.0332. The first-order chi connectivity index (χ1) is 14.5. The van der Waals surface area contributed by atoms with Gasteiger partial charge in [0.15, 0.2) is 6.10 Å². The van der Waals surface area contributed by atoms with E-state index in [0.29, 0.717) is 23.9 Å². The van der Waals surface area contributed by atoms with Crippen molar-refractivity contribution in [1.82, 2.24) is 0 Å². The van der Waals surface area contributed by atoms with Crippen LogP contribution in [0.15, 0.2) is 0 Å². The summed E-state index contributed by atoms with van der Waals surface area (Å²) in [5.74, 6) is -0.859. The minimum Gasteiger partial charge on any atom is -0.462 e. The van der Waals surface area contributed by atoms with Gasteiger partial charge in [-0.15, -0.1) is 0 Å². The number of ether oxygens (including phenoxy) is 2. The van der Waals surface area contributed by atoms with Gasteiger partial charge < -0.3 is 18.9 Å². The highest BCUT2D eigenvalue weighted by Gasteiger charge is 2.26. The smallest absolute Gasteiger partial charge is 0.462 e. The molecule has 0 spiro atoms. The third-order valence-electron chi connectivity index (χ3n) is 4.39. The average Bonchev–Trinajstić information content (AvgIpc) is 2.67. The molecule has 0 aliphatic carbocycles. The predicted octanol–water partition coefficient (Wildman–Crippen LogP) is 3.83. The summed E-state index contributed by atoms with van der Waals surface area (Å²) < 4.78 is 33.1. The van der Waals surface area contributed by atoms with Gasteiger partial charge in [-0.05, 0) is 12.8 Å². The van der Waals surface area contributed by atoms with Gasteiger partial charge in [-0.2, -0.15) is 0 Å². The maximum atomic E-state index is 12.1. The Morgan fingerprint density at radius 1 is 0.871 bits per heavy atom. The van der Waals surface area contributed by atoms with Gasteiger partial charge >= 0.3 is 19.8 Å². The minimum atomic E-state index is -4.32. The second kappa shape index (κ2) is 16.6. The van der Waals surface area contributed by atoms with Crippen molar-refractivity contribution in [3.8, 4) is 0 Å². The largest absolute Gasteiger partial charge is 0.472 e. The second-order valence-corrected chi connectivity index (χ2v) is 10.1. The molecule has 0 aliphatic heterocycles. The summed E-state index contributed by atoms with van der Waals surface area (Å²) in [4.78, 5) is 33.8. The van der Waals surface area contributed by atoms with Crippen molar-refractivity contribution in [1.29, 1.82) is 0 Å². The van der Waals surface area contributed by atoms with Crippen LogP contribution in [0.25, 0.3) is 0 Å². The van der Waals surface area contributed by atoms with E-state index in [1.54, 1.807) is 0 Å². The molecule has 0 saturated carbocycles. The van der Waals surface area contributed by atoms with Crippen LogP contribution in [0.4, 0.5) is 0 Å². The van der Waals surface area contributed by atoms with Gasteiger partial charge in [0.1, 0.15) is 19.8 Å².